The van der Waals surface area contributed by atoms with Crippen molar-refractivity contribution in [2.45, 2.75) is 25.4 Å². The van der Waals surface area contributed by atoms with Crippen LogP contribution in [-0.4, -0.2) is 30.6 Å². The van der Waals surface area contributed by atoms with Crippen molar-refractivity contribution in [1.29, 1.82) is 5.26 Å². The predicted molar refractivity (Wildman–Crippen MR) is 70.9 cm³/mol. The highest BCUT2D eigenvalue weighted by molar-refractivity contribution is 5.33. The van der Waals surface area contributed by atoms with Gasteiger partial charge in [-0.2, -0.15) is 5.26 Å². The average molecular weight is 259 g/mol. The van der Waals surface area contributed by atoms with E-state index >= 15 is 0 Å². The summed E-state index contributed by atoms with van der Waals surface area (Å²) in [6.45, 7) is 4.00. The molecule has 3 fully saturated rings. The lowest BCUT2D eigenvalue weighted by atomic mass is 9.84. The second kappa shape index (κ2) is 5.28. The van der Waals surface area contributed by atoms with Gasteiger partial charge in [0, 0.05) is 24.7 Å². The lowest BCUT2D eigenvalue weighted by Gasteiger charge is -2.45. The summed E-state index contributed by atoms with van der Waals surface area (Å²) in [4.78, 5) is 2.47. The van der Waals surface area contributed by atoms with Crippen LogP contribution in [0.2, 0.25) is 0 Å². The Labute approximate surface area is 113 Å². The van der Waals surface area contributed by atoms with Crippen molar-refractivity contribution in [2.75, 3.05) is 19.6 Å². The Kier molecular flexibility index (Phi) is 3.50. The summed E-state index contributed by atoms with van der Waals surface area (Å²) in [7, 11) is 0. The Balaban J connectivity index is 1.65. The van der Waals surface area contributed by atoms with Gasteiger partial charge in [-0.1, -0.05) is 0 Å². The van der Waals surface area contributed by atoms with Crippen LogP contribution in [0.25, 0.3) is 0 Å². The smallest absolute Gasteiger partial charge is 0.127 e. The van der Waals surface area contributed by atoms with Gasteiger partial charge in [0.15, 0.2) is 0 Å². The third kappa shape index (κ3) is 2.63. The molecule has 1 unspecified atom stereocenters. The molecule has 19 heavy (non-hydrogen) atoms. The topological polar surface area (TPSA) is 39.1 Å². The number of piperidine rings is 3. The minimum Gasteiger partial charge on any atom is -0.308 e. The number of nitriles is 1. The number of halogens is 1. The maximum Gasteiger partial charge on any atom is 0.127 e. The molecular weight excluding hydrogens is 241 g/mol. The van der Waals surface area contributed by atoms with Crippen molar-refractivity contribution in [1.82, 2.24) is 10.2 Å². The number of hydrogen-bond donors (Lipinski definition) is 1. The van der Waals surface area contributed by atoms with E-state index in [0.717, 1.165) is 12.5 Å². The van der Waals surface area contributed by atoms with Crippen molar-refractivity contribution in [3.05, 3.63) is 35.1 Å². The summed E-state index contributed by atoms with van der Waals surface area (Å²) in [5.41, 5.74) is 1.11. The fraction of sp³-hybridized carbons (Fsp3) is 0.533. The fourth-order valence-corrected chi connectivity index (χ4v) is 3.22. The van der Waals surface area contributed by atoms with Gasteiger partial charge < -0.3 is 10.2 Å². The molecule has 1 N–H and O–H groups in total. The molecule has 1 aromatic carbocycles. The molecule has 0 spiro atoms. The van der Waals surface area contributed by atoms with Gasteiger partial charge in [0.1, 0.15) is 5.82 Å². The van der Waals surface area contributed by atoms with Gasteiger partial charge in [-0.25, -0.2) is 4.39 Å². The summed E-state index contributed by atoms with van der Waals surface area (Å²) in [5, 5.41) is 12.3. The molecule has 100 valence electrons. The third-order valence-corrected chi connectivity index (χ3v) is 4.39. The van der Waals surface area contributed by atoms with E-state index < -0.39 is 0 Å². The fourth-order valence-electron chi connectivity index (χ4n) is 3.22. The zero-order valence-corrected chi connectivity index (χ0v) is 10.9. The van der Waals surface area contributed by atoms with Crippen LogP contribution in [0.1, 0.15) is 24.0 Å². The number of nitrogens with zero attached hydrogens (tertiary/aromatic N) is 2. The Morgan fingerprint density at radius 3 is 2.79 bits per heavy atom. The monoisotopic (exact) mass is 259 g/mol. The molecule has 0 saturated carbocycles. The summed E-state index contributed by atoms with van der Waals surface area (Å²) < 4.78 is 13.7. The first kappa shape index (κ1) is 12.6. The van der Waals surface area contributed by atoms with Gasteiger partial charge in [0.05, 0.1) is 11.6 Å². The van der Waals surface area contributed by atoms with Crippen LogP contribution in [0.5, 0.6) is 0 Å². The van der Waals surface area contributed by atoms with E-state index in [1.54, 1.807) is 6.07 Å². The van der Waals surface area contributed by atoms with Crippen molar-refractivity contribution < 1.29 is 4.39 Å². The molecule has 0 radical (unpaired) electrons. The van der Waals surface area contributed by atoms with Gasteiger partial charge in [0.2, 0.25) is 0 Å². The molecular formula is C15H18FN3. The van der Waals surface area contributed by atoms with Crippen LogP contribution in [0.15, 0.2) is 18.2 Å². The zero-order chi connectivity index (χ0) is 13.2. The molecule has 4 rings (SSSR count). The van der Waals surface area contributed by atoms with E-state index in [1.165, 1.54) is 38.1 Å². The minimum absolute atomic E-state index is 0.229. The van der Waals surface area contributed by atoms with Gasteiger partial charge in [-0.05, 0) is 50.0 Å². The lowest BCUT2D eigenvalue weighted by Crippen LogP contribution is -2.55. The number of fused-ring (bicyclic) bond motifs is 3. The van der Waals surface area contributed by atoms with Gasteiger partial charge in [-0.15, -0.1) is 0 Å². The van der Waals surface area contributed by atoms with Crippen LogP contribution in [0.3, 0.4) is 0 Å². The summed E-state index contributed by atoms with van der Waals surface area (Å²) in [6.07, 6.45) is 2.50. The van der Waals surface area contributed by atoms with Crippen LogP contribution in [0.4, 0.5) is 4.39 Å². The predicted octanol–water partition coefficient (Wildman–Crippen LogP) is 1.88. The van der Waals surface area contributed by atoms with Crippen LogP contribution in [-0.2, 0) is 6.54 Å². The molecule has 3 aliphatic heterocycles. The molecule has 0 aliphatic carbocycles. The van der Waals surface area contributed by atoms with Crippen LogP contribution >= 0.6 is 0 Å². The summed E-state index contributed by atoms with van der Waals surface area (Å²) in [6, 6.07) is 7.07. The average Bonchev–Trinajstić information content (AvgIpc) is 2.48. The van der Waals surface area contributed by atoms with E-state index in [2.05, 4.69) is 16.3 Å². The molecule has 2 bridgehead atoms. The first-order valence-electron chi connectivity index (χ1n) is 6.90. The molecule has 1 aromatic rings. The quantitative estimate of drug-likeness (QED) is 0.901. The Morgan fingerprint density at radius 2 is 2.16 bits per heavy atom. The van der Waals surface area contributed by atoms with Gasteiger partial charge in [0.25, 0.3) is 0 Å². The molecule has 3 heterocycles. The first-order valence-corrected chi connectivity index (χ1v) is 6.90. The van der Waals surface area contributed by atoms with Crippen molar-refractivity contribution in [2.24, 2.45) is 5.92 Å². The number of rotatable bonds is 3. The lowest BCUT2D eigenvalue weighted by molar-refractivity contribution is 0.0719. The standard InChI is InChI=1S/C15H18FN3/c16-14-2-1-11(8-17)7-13(14)9-18-15-10-19-5-3-12(15)4-6-19/h1-2,7,12,15,18H,3-6,9-10H2. The van der Waals surface area contributed by atoms with E-state index in [1.807, 2.05) is 0 Å². The Hall–Kier alpha value is -1.44. The summed E-state index contributed by atoms with van der Waals surface area (Å²) >= 11 is 0. The molecule has 4 heteroatoms. The van der Waals surface area contributed by atoms with Crippen LogP contribution < -0.4 is 5.32 Å². The minimum atomic E-state index is -0.229. The van der Waals surface area contributed by atoms with Crippen LogP contribution in [0, 0.1) is 23.1 Å². The molecule has 3 aliphatic rings. The summed E-state index contributed by atoms with van der Waals surface area (Å²) in [5.74, 6) is 0.500. The normalized spacial score (nSPS) is 29.2. The molecule has 0 aromatic heterocycles. The van der Waals surface area contributed by atoms with Crippen molar-refractivity contribution >= 4 is 0 Å². The van der Waals surface area contributed by atoms with Crippen molar-refractivity contribution in [3.8, 4) is 6.07 Å². The Morgan fingerprint density at radius 1 is 1.37 bits per heavy atom. The zero-order valence-electron chi connectivity index (χ0n) is 10.9. The highest BCUT2D eigenvalue weighted by Crippen LogP contribution is 2.27. The van der Waals surface area contributed by atoms with E-state index in [4.69, 9.17) is 5.26 Å². The third-order valence-electron chi connectivity index (χ3n) is 4.39. The molecule has 0 amide bonds. The molecule has 3 nitrogen and oxygen atoms in total. The molecule has 3 saturated heterocycles. The number of hydrogen-bond acceptors (Lipinski definition) is 3. The van der Waals surface area contributed by atoms with Crippen molar-refractivity contribution in [3.63, 3.8) is 0 Å². The van der Waals surface area contributed by atoms with E-state index in [9.17, 15) is 4.39 Å². The molecule has 1 atom stereocenters. The number of benzene rings is 1. The second-order valence-electron chi connectivity index (χ2n) is 5.54. The Bertz CT molecular complexity index is 501. The second-order valence-corrected chi connectivity index (χ2v) is 5.54. The maximum absolute atomic E-state index is 13.7. The van der Waals surface area contributed by atoms with E-state index in [0.29, 0.717) is 23.7 Å². The van der Waals surface area contributed by atoms with E-state index in [-0.39, 0.29) is 5.82 Å². The first-order chi connectivity index (χ1) is 9.26. The highest BCUT2D eigenvalue weighted by Gasteiger charge is 2.33. The SMILES string of the molecule is N#Cc1ccc(F)c(CNC2CN3CCC2CC3)c1. The largest absolute Gasteiger partial charge is 0.308 e. The van der Waals surface area contributed by atoms with Gasteiger partial charge in [-0.3, -0.25) is 0 Å². The van der Waals surface area contributed by atoms with Gasteiger partial charge >= 0.3 is 0 Å². The number of nitrogens with one attached hydrogen (secondary N) is 1. The highest BCUT2D eigenvalue weighted by atomic mass is 19.1. The maximum atomic E-state index is 13.7.